The van der Waals surface area contributed by atoms with E-state index in [-0.39, 0.29) is 5.75 Å². The molecule has 0 saturated carbocycles. The van der Waals surface area contributed by atoms with E-state index in [4.69, 9.17) is 7.85 Å². The first-order valence-electron chi connectivity index (χ1n) is 4.63. The maximum atomic E-state index is 9.62. The number of aliphatic hydroxyl groups is 1. The molecular formula is C9H13NO2. The van der Waals surface area contributed by atoms with Gasteiger partial charge in [-0.1, -0.05) is 12.1 Å². The Balaban J connectivity index is 2.94. The van der Waals surface area contributed by atoms with E-state index in [1.54, 1.807) is 12.1 Å². The van der Waals surface area contributed by atoms with Gasteiger partial charge in [-0.3, -0.25) is 0 Å². The van der Waals surface area contributed by atoms with Crippen LogP contribution < -0.4 is 5.32 Å². The highest BCUT2D eigenvalue weighted by Crippen LogP contribution is 2.17. The molecule has 1 rings (SSSR count). The molecule has 0 fully saturated rings. The summed E-state index contributed by atoms with van der Waals surface area (Å²) in [5, 5.41) is 21.1. The van der Waals surface area contributed by atoms with Crippen LogP contribution in [0.25, 0.3) is 0 Å². The van der Waals surface area contributed by atoms with Gasteiger partial charge in [-0.05, 0) is 24.7 Å². The minimum atomic E-state index is -1.91. The maximum Gasteiger partial charge on any atom is 0.115 e. The van der Waals surface area contributed by atoms with E-state index >= 15 is 0 Å². The van der Waals surface area contributed by atoms with Gasteiger partial charge in [-0.2, -0.15) is 0 Å². The molecule has 3 N–H and O–H groups in total. The molecule has 0 spiro atoms. The lowest BCUT2D eigenvalue weighted by Crippen LogP contribution is -2.16. The fourth-order valence-electron chi connectivity index (χ4n) is 0.915. The quantitative estimate of drug-likeness (QED) is 0.622. The van der Waals surface area contributed by atoms with E-state index < -0.39 is 12.6 Å². The van der Waals surface area contributed by atoms with Crippen LogP contribution in [0.3, 0.4) is 0 Å². The van der Waals surface area contributed by atoms with Crippen molar-refractivity contribution in [3.05, 3.63) is 29.8 Å². The molecule has 0 bridgehead atoms. The smallest absolute Gasteiger partial charge is 0.115 e. The third-order valence-electron chi connectivity index (χ3n) is 1.47. The zero-order chi connectivity index (χ0) is 10.8. The lowest BCUT2D eigenvalue weighted by atomic mass is 10.1. The zero-order valence-corrected chi connectivity index (χ0v) is 6.78. The summed E-state index contributed by atoms with van der Waals surface area (Å²) < 4.78 is 14.8. The van der Waals surface area contributed by atoms with Crippen LogP contribution in [0.4, 0.5) is 0 Å². The summed E-state index contributed by atoms with van der Waals surface area (Å²) in [6, 6.07) is 5.91. The Morgan fingerprint density at radius 2 is 2.42 bits per heavy atom. The number of hydrogen-bond donors (Lipinski definition) is 3. The molecule has 0 saturated heterocycles. The number of likely N-dealkylation sites (N-methyl/N-ethyl adjacent to an activating group) is 1. The Labute approximate surface area is 74.5 Å². The summed E-state index contributed by atoms with van der Waals surface area (Å²) in [5.41, 5.74) is 0.337. The SMILES string of the molecule is [2H]C([2H])(NC)[C@H](O)c1cccc(O)c1. The monoisotopic (exact) mass is 169 g/mol. The van der Waals surface area contributed by atoms with Crippen molar-refractivity contribution in [3.8, 4) is 5.75 Å². The molecule has 1 atom stereocenters. The largest absolute Gasteiger partial charge is 0.508 e. The third kappa shape index (κ3) is 2.22. The minimum Gasteiger partial charge on any atom is -0.508 e. The highest BCUT2D eigenvalue weighted by Gasteiger charge is 2.05. The van der Waals surface area contributed by atoms with Crippen molar-refractivity contribution < 1.29 is 13.0 Å². The first kappa shape index (κ1) is 6.46. The van der Waals surface area contributed by atoms with Crippen molar-refractivity contribution in [1.82, 2.24) is 5.32 Å². The summed E-state index contributed by atoms with van der Waals surface area (Å²) in [7, 11) is 1.42. The average molecular weight is 169 g/mol. The standard InChI is InChI=1S/C9H13NO2/c1-10-6-9(12)7-3-2-4-8(11)5-7/h2-5,9-12H,6H2,1H3/t9-/m0/s1/i6D2. The topological polar surface area (TPSA) is 52.5 Å². The van der Waals surface area contributed by atoms with Crippen LogP contribution in [0.5, 0.6) is 5.75 Å². The van der Waals surface area contributed by atoms with Gasteiger partial charge >= 0.3 is 0 Å². The van der Waals surface area contributed by atoms with Crippen molar-refractivity contribution in [3.63, 3.8) is 0 Å². The Bertz CT molecular complexity index is 317. The number of nitrogens with one attached hydrogen (secondary N) is 1. The molecule has 0 aliphatic carbocycles. The molecule has 12 heavy (non-hydrogen) atoms. The van der Waals surface area contributed by atoms with Gasteiger partial charge < -0.3 is 15.5 Å². The number of rotatable bonds is 3. The van der Waals surface area contributed by atoms with Crippen LogP contribution in [-0.4, -0.2) is 23.8 Å². The molecule has 1 aromatic carbocycles. The summed E-state index contributed by atoms with van der Waals surface area (Å²) in [6.07, 6.45) is -1.31. The molecule has 0 unspecified atom stereocenters. The lowest BCUT2D eigenvalue weighted by molar-refractivity contribution is 0.177. The van der Waals surface area contributed by atoms with E-state index in [0.717, 1.165) is 0 Å². The first-order valence-corrected chi connectivity index (χ1v) is 3.63. The van der Waals surface area contributed by atoms with Gasteiger partial charge in [0.2, 0.25) is 0 Å². The summed E-state index contributed by atoms with van der Waals surface area (Å²) >= 11 is 0. The van der Waals surface area contributed by atoms with Crippen LogP contribution in [0.2, 0.25) is 0 Å². The fraction of sp³-hybridized carbons (Fsp3) is 0.333. The highest BCUT2D eigenvalue weighted by molar-refractivity contribution is 5.28. The van der Waals surface area contributed by atoms with E-state index in [1.807, 2.05) is 0 Å². The van der Waals surface area contributed by atoms with Crippen molar-refractivity contribution in [2.45, 2.75) is 6.10 Å². The molecule has 0 aliphatic rings. The van der Waals surface area contributed by atoms with Crippen LogP contribution >= 0.6 is 0 Å². The normalized spacial score (nSPS) is 16.5. The molecule has 0 amide bonds. The van der Waals surface area contributed by atoms with Crippen molar-refractivity contribution in [2.24, 2.45) is 0 Å². The second-order valence-corrected chi connectivity index (χ2v) is 2.39. The Kier molecular flexibility index (Phi) is 2.20. The van der Waals surface area contributed by atoms with Crippen LogP contribution in [-0.2, 0) is 0 Å². The Hall–Kier alpha value is -1.06. The molecule has 3 heteroatoms. The molecule has 0 heterocycles. The number of phenolic OH excluding ortho intramolecular Hbond substituents is 1. The Morgan fingerprint density at radius 3 is 3.00 bits per heavy atom. The van der Waals surface area contributed by atoms with Gasteiger partial charge in [0.25, 0.3) is 0 Å². The maximum absolute atomic E-state index is 9.62. The predicted molar refractivity (Wildman–Crippen MR) is 47.0 cm³/mol. The summed E-state index contributed by atoms with van der Waals surface area (Å²) in [4.78, 5) is 0. The number of hydrogen-bond acceptors (Lipinski definition) is 3. The van der Waals surface area contributed by atoms with E-state index in [0.29, 0.717) is 5.56 Å². The average Bonchev–Trinajstić information content (AvgIpc) is 2.16. The molecule has 0 radical (unpaired) electrons. The van der Waals surface area contributed by atoms with E-state index in [9.17, 15) is 5.11 Å². The van der Waals surface area contributed by atoms with E-state index in [1.165, 1.54) is 19.2 Å². The van der Waals surface area contributed by atoms with E-state index in [2.05, 4.69) is 5.32 Å². The highest BCUT2D eigenvalue weighted by atomic mass is 16.3. The summed E-state index contributed by atoms with van der Waals surface area (Å²) in [6.45, 7) is -1.91. The Morgan fingerprint density at radius 1 is 1.67 bits per heavy atom. The van der Waals surface area contributed by atoms with Gasteiger partial charge in [0.15, 0.2) is 0 Å². The van der Waals surface area contributed by atoms with Gasteiger partial charge in [0.1, 0.15) is 5.75 Å². The number of aliphatic hydroxyl groups excluding tert-OH is 1. The molecule has 0 aliphatic heterocycles. The van der Waals surface area contributed by atoms with Gasteiger partial charge in [-0.25, -0.2) is 0 Å². The lowest BCUT2D eigenvalue weighted by Gasteiger charge is -2.09. The van der Waals surface area contributed by atoms with Crippen LogP contribution in [0.15, 0.2) is 24.3 Å². The molecular weight excluding hydrogens is 154 g/mol. The second-order valence-electron chi connectivity index (χ2n) is 2.39. The van der Waals surface area contributed by atoms with Crippen molar-refractivity contribution >= 4 is 0 Å². The number of benzene rings is 1. The molecule has 66 valence electrons. The first-order chi connectivity index (χ1) is 6.47. The molecule has 3 nitrogen and oxygen atoms in total. The molecule has 0 aromatic heterocycles. The summed E-state index contributed by atoms with van der Waals surface area (Å²) in [5.74, 6) is 0.00783. The van der Waals surface area contributed by atoms with Crippen LogP contribution in [0.1, 0.15) is 14.4 Å². The second kappa shape index (κ2) is 4.09. The fourth-order valence-corrected chi connectivity index (χ4v) is 0.915. The van der Waals surface area contributed by atoms with Crippen molar-refractivity contribution in [1.29, 1.82) is 0 Å². The van der Waals surface area contributed by atoms with Gasteiger partial charge in [0, 0.05) is 9.24 Å². The predicted octanol–water partition coefficient (Wildman–Crippen LogP) is 0.645. The van der Waals surface area contributed by atoms with Gasteiger partial charge in [-0.15, -0.1) is 0 Å². The third-order valence-corrected chi connectivity index (χ3v) is 1.47. The van der Waals surface area contributed by atoms with Crippen LogP contribution in [0, 0.1) is 0 Å². The number of phenols is 1. The van der Waals surface area contributed by atoms with Crippen molar-refractivity contribution in [2.75, 3.05) is 13.5 Å². The van der Waals surface area contributed by atoms with Gasteiger partial charge in [0.05, 0.1) is 6.10 Å². The molecule has 1 aromatic rings. The zero-order valence-electron chi connectivity index (χ0n) is 8.78. The minimum absolute atomic E-state index is 0.00783. The number of aromatic hydroxyl groups is 1.